The number of hydrogen-bond acceptors (Lipinski definition) is 1. The lowest BCUT2D eigenvalue weighted by Crippen LogP contribution is -2.16. The fourth-order valence-corrected chi connectivity index (χ4v) is 1.17. The van der Waals surface area contributed by atoms with Crippen LogP contribution < -0.4 is 0 Å². The quantitative estimate of drug-likeness (QED) is 0.471. The van der Waals surface area contributed by atoms with E-state index in [1.54, 1.807) is 0 Å². The van der Waals surface area contributed by atoms with Gasteiger partial charge in [0.15, 0.2) is 0 Å². The van der Waals surface area contributed by atoms with Crippen LogP contribution in [0.2, 0.25) is 0 Å². The molecular formula is C14H23N. The van der Waals surface area contributed by atoms with E-state index in [4.69, 9.17) is 0 Å². The molecule has 0 aromatic carbocycles. The second-order valence-corrected chi connectivity index (χ2v) is 3.73. The molecule has 84 valence electrons. The largest absolute Gasteiger partial charge is 0.375 e. The van der Waals surface area contributed by atoms with Gasteiger partial charge in [0.05, 0.1) is 0 Å². The Labute approximate surface area is 94.5 Å². The van der Waals surface area contributed by atoms with E-state index in [1.165, 1.54) is 0 Å². The molecule has 1 atom stereocenters. The molecule has 0 radical (unpaired) electrons. The van der Waals surface area contributed by atoms with Crippen molar-refractivity contribution in [3.63, 3.8) is 0 Å². The Balaban J connectivity index is 4.30. The van der Waals surface area contributed by atoms with Crippen molar-refractivity contribution in [1.29, 1.82) is 0 Å². The zero-order chi connectivity index (χ0) is 11.8. The Morgan fingerprint density at radius 3 is 2.40 bits per heavy atom. The van der Waals surface area contributed by atoms with Gasteiger partial charge in [0.2, 0.25) is 0 Å². The predicted octanol–water partition coefficient (Wildman–Crippen LogP) is 3.78. The summed E-state index contributed by atoms with van der Waals surface area (Å²) in [6.45, 7) is 15.2. The molecule has 0 saturated carbocycles. The number of likely N-dealkylation sites (N-methyl/N-ethyl adjacent to an activating group) is 1. The van der Waals surface area contributed by atoms with Crippen LogP contribution in [0.25, 0.3) is 0 Å². The summed E-state index contributed by atoms with van der Waals surface area (Å²) in [5.41, 5.74) is 1.97. The second-order valence-electron chi connectivity index (χ2n) is 3.73. The van der Waals surface area contributed by atoms with Crippen molar-refractivity contribution >= 4 is 0 Å². The van der Waals surface area contributed by atoms with Crippen LogP contribution in [0.3, 0.4) is 0 Å². The van der Waals surface area contributed by atoms with Gasteiger partial charge >= 0.3 is 0 Å². The molecule has 0 fully saturated rings. The summed E-state index contributed by atoms with van der Waals surface area (Å²) in [6, 6.07) is 0. The van der Waals surface area contributed by atoms with Gasteiger partial charge in [-0.15, -0.1) is 0 Å². The maximum atomic E-state index is 4.01. The molecule has 0 rings (SSSR count). The molecule has 0 aromatic rings. The van der Waals surface area contributed by atoms with Gasteiger partial charge in [0.25, 0.3) is 0 Å². The first-order valence-corrected chi connectivity index (χ1v) is 5.43. The van der Waals surface area contributed by atoms with Gasteiger partial charge in [-0.25, -0.2) is 0 Å². The van der Waals surface area contributed by atoms with Crippen LogP contribution in [-0.4, -0.2) is 18.5 Å². The molecule has 0 N–H and O–H groups in total. The topological polar surface area (TPSA) is 3.24 Å². The highest BCUT2D eigenvalue weighted by molar-refractivity contribution is 5.34. The molecule has 0 bridgehead atoms. The van der Waals surface area contributed by atoms with E-state index in [0.29, 0.717) is 5.92 Å². The zero-order valence-electron chi connectivity index (χ0n) is 10.5. The first-order valence-electron chi connectivity index (χ1n) is 5.43. The molecule has 1 heteroatoms. The van der Waals surface area contributed by atoms with Crippen molar-refractivity contribution in [2.75, 3.05) is 13.6 Å². The van der Waals surface area contributed by atoms with Crippen LogP contribution in [0.5, 0.6) is 0 Å². The van der Waals surface area contributed by atoms with Crippen molar-refractivity contribution in [3.05, 3.63) is 48.7 Å². The van der Waals surface area contributed by atoms with Crippen molar-refractivity contribution < 1.29 is 0 Å². The third-order valence-corrected chi connectivity index (χ3v) is 2.40. The van der Waals surface area contributed by atoms with Crippen molar-refractivity contribution in [2.45, 2.75) is 20.8 Å². The van der Waals surface area contributed by atoms with Crippen molar-refractivity contribution in [3.8, 4) is 0 Å². The highest BCUT2D eigenvalue weighted by Crippen LogP contribution is 2.12. The zero-order valence-corrected chi connectivity index (χ0v) is 10.5. The molecule has 0 aliphatic carbocycles. The van der Waals surface area contributed by atoms with E-state index in [2.05, 4.69) is 50.1 Å². The molecule has 0 aliphatic heterocycles. The maximum absolute atomic E-state index is 4.01. The minimum atomic E-state index is 0.450. The Morgan fingerprint density at radius 1 is 1.33 bits per heavy atom. The number of nitrogens with zero attached hydrogens (tertiary/aromatic N) is 1. The first-order chi connectivity index (χ1) is 7.02. The van der Waals surface area contributed by atoms with E-state index in [1.807, 2.05) is 20.0 Å². The summed E-state index contributed by atoms with van der Waals surface area (Å²) >= 11 is 0. The third kappa shape index (κ3) is 5.26. The SMILES string of the molecule is C=C(/C=C\C(C)/C=C\C)C(=C)N(C)CC. The van der Waals surface area contributed by atoms with Gasteiger partial charge in [-0.2, -0.15) is 0 Å². The molecule has 0 saturated heterocycles. The normalized spacial score (nSPS) is 13.3. The smallest absolute Gasteiger partial charge is 0.0357 e. The number of hydrogen-bond donors (Lipinski definition) is 0. The Bertz CT molecular complexity index is 271. The molecule has 0 amide bonds. The van der Waals surface area contributed by atoms with E-state index >= 15 is 0 Å². The van der Waals surface area contributed by atoms with E-state index in [-0.39, 0.29) is 0 Å². The lowest BCUT2D eigenvalue weighted by atomic mass is 10.1. The van der Waals surface area contributed by atoms with E-state index < -0.39 is 0 Å². The predicted molar refractivity (Wildman–Crippen MR) is 69.7 cm³/mol. The summed E-state index contributed by atoms with van der Waals surface area (Å²) in [5.74, 6) is 0.450. The Morgan fingerprint density at radius 2 is 1.93 bits per heavy atom. The monoisotopic (exact) mass is 205 g/mol. The van der Waals surface area contributed by atoms with Gasteiger partial charge in [0.1, 0.15) is 0 Å². The average molecular weight is 205 g/mol. The molecule has 0 spiro atoms. The van der Waals surface area contributed by atoms with Crippen molar-refractivity contribution in [2.24, 2.45) is 5.92 Å². The summed E-state index contributed by atoms with van der Waals surface area (Å²) in [5, 5.41) is 0. The highest BCUT2D eigenvalue weighted by atomic mass is 15.1. The Hall–Kier alpha value is -1.24. The van der Waals surface area contributed by atoms with Crippen LogP contribution in [0.4, 0.5) is 0 Å². The van der Waals surface area contributed by atoms with Crippen LogP contribution >= 0.6 is 0 Å². The fourth-order valence-electron chi connectivity index (χ4n) is 1.17. The van der Waals surface area contributed by atoms with Gasteiger partial charge in [0, 0.05) is 19.3 Å². The highest BCUT2D eigenvalue weighted by Gasteiger charge is 2.00. The minimum absolute atomic E-state index is 0.450. The molecule has 0 heterocycles. The van der Waals surface area contributed by atoms with Crippen molar-refractivity contribution in [1.82, 2.24) is 4.90 Å². The summed E-state index contributed by atoms with van der Waals surface area (Å²) in [4.78, 5) is 2.09. The molecule has 1 unspecified atom stereocenters. The average Bonchev–Trinajstić information content (AvgIpc) is 2.24. The number of allylic oxidation sites excluding steroid dienone is 4. The van der Waals surface area contributed by atoms with Crippen LogP contribution in [0.1, 0.15) is 20.8 Å². The minimum Gasteiger partial charge on any atom is -0.375 e. The van der Waals surface area contributed by atoms with Crippen LogP contribution in [-0.2, 0) is 0 Å². The van der Waals surface area contributed by atoms with Gasteiger partial charge in [-0.3, -0.25) is 0 Å². The number of rotatable bonds is 6. The maximum Gasteiger partial charge on any atom is 0.0357 e. The van der Waals surface area contributed by atoms with Crippen LogP contribution in [0, 0.1) is 5.92 Å². The lowest BCUT2D eigenvalue weighted by molar-refractivity contribution is 0.454. The molecule has 1 nitrogen and oxygen atoms in total. The first kappa shape index (κ1) is 13.8. The Kier molecular flexibility index (Phi) is 6.52. The molecule has 0 aliphatic rings. The summed E-state index contributed by atoms with van der Waals surface area (Å²) in [7, 11) is 2.02. The van der Waals surface area contributed by atoms with Gasteiger partial charge in [-0.05, 0) is 25.3 Å². The third-order valence-electron chi connectivity index (χ3n) is 2.40. The molecule has 0 aromatic heterocycles. The second kappa shape index (κ2) is 7.10. The van der Waals surface area contributed by atoms with Gasteiger partial charge in [-0.1, -0.05) is 44.4 Å². The molecular weight excluding hydrogens is 182 g/mol. The summed E-state index contributed by atoms with van der Waals surface area (Å²) in [6.07, 6.45) is 8.39. The lowest BCUT2D eigenvalue weighted by Gasteiger charge is -2.19. The van der Waals surface area contributed by atoms with Crippen LogP contribution in [0.15, 0.2) is 48.7 Å². The van der Waals surface area contributed by atoms with E-state index in [9.17, 15) is 0 Å². The standard InChI is InChI=1S/C14H23N/c1-7-9-12(3)10-11-13(4)14(5)15(6)8-2/h7,9-12H,4-5,8H2,1-3,6H3/b9-7-,11-10-. The fraction of sp³-hybridized carbons (Fsp3) is 0.429. The molecule has 15 heavy (non-hydrogen) atoms. The summed E-state index contributed by atoms with van der Waals surface area (Å²) < 4.78 is 0. The van der Waals surface area contributed by atoms with Gasteiger partial charge < -0.3 is 4.90 Å². The van der Waals surface area contributed by atoms with E-state index in [0.717, 1.165) is 17.8 Å².